The van der Waals surface area contributed by atoms with Gasteiger partial charge >= 0.3 is 0 Å². The second-order valence-corrected chi connectivity index (χ2v) is 10.5. The van der Waals surface area contributed by atoms with Crippen LogP contribution < -0.4 is 10.9 Å². The zero-order valence-electron chi connectivity index (χ0n) is 16.7. The molecular formula is C21H19FIN3O4S. The van der Waals surface area contributed by atoms with Crippen molar-refractivity contribution in [2.24, 2.45) is 10.3 Å². The van der Waals surface area contributed by atoms with Crippen molar-refractivity contribution in [2.45, 2.75) is 31.7 Å². The fraction of sp³-hybridized carbons (Fsp3) is 0.238. The highest BCUT2D eigenvalue weighted by molar-refractivity contribution is 14.1. The van der Waals surface area contributed by atoms with E-state index in [1.54, 1.807) is 12.1 Å². The third kappa shape index (κ3) is 3.93. The van der Waals surface area contributed by atoms with Crippen molar-refractivity contribution in [3.05, 3.63) is 61.7 Å². The molecule has 4 rings (SSSR count). The Morgan fingerprint density at radius 1 is 1.23 bits per heavy atom. The highest BCUT2D eigenvalue weighted by Crippen LogP contribution is 2.33. The number of rotatable bonds is 4. The summed E-state index contributed by atoms with van der Waals surface area (Å²) in [6.45, 7) is 4.33. The Bertz CT molecular complexity index is 1410. The molecule has 3 aromatic rings. The molecule has 0 amide bonds. The average Bonchev–Trinajstić information content (AvgIpc) is 2.68. The summed E-state index contributed by atoms with van der Waals surface area (Å²) in [5.41, 5.74) is -0.304. The fourth-order valence-electron chi connectivity index (χ4n) is 3.48. The maximum absolute atomic E-state index is 14.0. The van der Waals surface area contributed by atoms with Gasteiger partial charge in [-0.05, 0) is 71.3 Å². The summed E-state index contributed by atoms with van der Waals surface area (Å²) in [7, 11) is -4.11. The SMILES string of the molecule is CC(C)CCn1c(=O)c(C2=NS(=O)(=O)c3cc(I)ccc3N2)c(O)c2cc(F)ccc21. The highest BCUT2D eigenvalue weighted by atomic mass is 127. The van der Waals surface area contributed by atoms with Crippen LogP contribution in [0.1, 0.15) is 25.8 Å². The Labute approximate surface area is 191 Å². The van der Waals surface area contributed by atoms with Crippen LogP contribution in [0.4, 0.5) is 10.1 Å². The topological polar surface area (TPSA) is 101 Å². The fourth-order valence-corrected chi connectivity index (χ4v) is 5.33. The Morgan fingerprint density at radius 3 is 2.68 bits per heavy atom. The van der Waals surface area contributed by atoms with Crippen molar-refractivity contribution in [1.82, 2.24) is 4.57 Å². The van der Waals surface area contributed by atoms with Crippen LogP contribution in [0.3, 0.4) is 0 Å². The smallest absolute Gasteiger partial charge is 0.286 e. The molecule has 7 nitrogen and oxygen atoms in total. The molecule has 0 saturated carbocycles. The van der Waals surface area contributed by atoms with Gasteiger partial charge in [0, 0.05) is 15.5 Å². The predicted molar refractivity (Wildman–Crippen MR) is 126 cm³/mol. The standard InChI is InChI=1S/C21H19FIN3O4S/c1-11(2)7-8-26-16-6-3-12(22)9-14(16)19(27)18(21(26)28)20-24-15-5-4-13(23)10-17(15)31(29,30)25-20/h3-6,9-11,27H,7-8H2,1-2H3,(H,24,25). The molecule has 0 fully saturated rings. The predicted octanol–water partition coefficient (Wildman–Crippen LogP) is 4.06. The van der Waals surface area contributed by atoms with Gasteiger partial charge in [0.15, 0.2) is 5.84 Å². The molecule has 2 heterocycles. The summed E-state index contributed by atoms with van der Waals surface area (Å²) < 4.78 is 45.4. The molecule has 0 aliphatic carbocycles. The van der Waals surface area contributed by atoms with Crippen LogP contribution in [0.2, 0.25) is 0 Å². The number of hydrogen-bond acceptors (Lipinski definition) is 5. The lowest BCUT2D eigenvalue weighted by Crippen LogP contribution is -2.33. The van der Waals surface area contributed by atoms with E-state index in [2.05, 4.69) is 9.71 Å². The molecule has 0 radical (unpaired) electrons. The van der Waals surface area contributed by atoms with E-state index in [9.17, 15) is 22.7 Å². The second-order valence-electron chi connectivity index (χ2n) is 7.70. The summed E-state index contributed by atoms with van der Waals surface area (Å²) >= 11 is 1.99. The van der Waals surface area contributed by atoms with Crippen LogP contribution in [-0.4, -0.2) is 23.9 Å². The molecule has 1 aliphatic rings. The number of hydrogen-bond donors (Lipinski definition) is 2. The molecule has 1 aliphatic heterocycles. The first kappa shape index (κ1) is 21.8. The molecule has 162 valence electrons. The van der Waals surface area contributed by atoms with Crippen molar-refractivity contribution in [2.75, 3.05) is 5.32 Å². The first-order chi connectivity index (χ1) is 14.6. The Balaban J connectivity index is 1.99. The van der Waals surface area contributed by atoms with E-state index < -0.39 is 27.1 Å². The number of amidine groups is 1. The van der Waals surface area contributed by atoms with Crippen LogP contribution in [-0.2, 0) is 16.6 Å². The Hall–Kier alpha value is -2.47. The van der Waals surface area contributed by atoms with Gasteiger partial charge in [-0.25, -0.2) is 4.39 Å². The third-order valence-electron chi connectivity index (χ3n) is 5.05. The second kappa shape index (κ2) is 7.90. The van der Waals surface area contributed by atoms with E-state index in [0.29, 0.717) is 28.0 Å². The average molecular weight is 555 g/mol. The van der Waals surface area contributed by atoms with Crippen molar-refractivity contribution < 1.29 is 17.9 Å². The minimum atomic E-state index is -4.11. The van der Waals surface area contributed by atoms with Crippen molar-refractivity contribution in [1.29, 1.82) is 0 Å². The van der Waals surface area contributed by atoms with Gasteiger partial charge in [-0.1, -0.05) is 13.8 Å². The van der Waals surface area contributed by atoms with E-state index in [-0.39, 0.29) is 27.4 Å². The van der Waals surface area contributed by atoms with Crippen molar-refractivity contribution >= 4 is 55.0 Å². The highest BCUT2D eigenvalue weighted by Gasteiger charge is 2.30. The van der Waals surface area contributed by atoms with Crippen LogP contribution >= 0.6 is 22.6 Å². The van der Waals surface area contributed by atoms with Gasteiger partial charge in [-0.15, -0.1) is 4.40 Å². The maximum Gasteiger partial charge on any atom is 0.286 e. The van der Waals surface area contributed by atoms with Crippen LogP contribution in [0.5, 0.6) is 5.75 Å². The number of aryl methyl sites for hydroxylation is 1. The number of benzene rings is 2. The third-order valence-corrected chi connectivity index (χ3v) is 7.04. The molecule has 0 bridgehead atoms. The molecule has 10 heteroatoms. The molecule has 2 N–H and O–H groups in total. The monoisotopic (exact) mass is 555 g/mol. The van der Waals surface area contributed by atoms with Gasteiger partial charge in [-0.3, -0.25) is 4.79 Å². The summed E-state index contributed by atoms with van der Waals surface area (Å²) in [6.07, 6.45) is 0.663. The molecule has 0 unspecified atom stereocenters. The first-order valence-corrected chi connectivity index (χ1v) is 12.1. The number of nitrogens with one attached hydrogen (secondary N) is 1. The zero-order valence-corrected chi connectivity index (χ0v) is 19.7. The normalized spacial score (nSPS) is 14.9. The molecule has 1 aromatic heterocycles. The van der Waals surface area contributed by atoms with Crippen molar-refractivity contribution in [3.63, 3.8) is 0 Å². The number of nitrogens with zero attached hydrogens (tertiary/aromatic N) is 2. The molecule has 31 heavy (non-hydrogen) atoms. The van der Waals surface area contributed by atoms with E-state index in [1.165, 1.54) is 22.8 Å². The molecule has 0 spiro atoms. The van der Waals surface area contributed by atoms with Crippen LogP contribution in [0, 0.1) is 15.3 Å². The van der Waals surface area contributed by atoms with Gasteiger partial charge in [0.2, 0.25) is 0 Å². The van der Waals surface area contributed by atoms with E-state index in [1.807, 2.05) is 36.4 Å². The van der Waals surface area contributed by atoms with Gasteiger partial charge in [0.1, 0.15) is 22.0 Å². The van der Waals surface area contributed by atoms with Crippen LogP contribution in [0.25, 0.3) is 10.9 Å². The lowest BCUT2D eigenvalue weighted by atomic mass is 10.1. The van der Waals surface area contributed by atoms with Crippen LogP contribution in [0.15, 0.2) is 50.5 Å². The van der Waals surface area contributed by atoms with Gasteiger partial charge in [-0.2, -0.15) is 8.42 Å². The van der Waals surface area contributed by atoms with Gasteiger partial charge in [0.05, 0.1) is 11.2 Å². The Morgan fingerprint density at radius 2 is 1.97 bits per heavy atom. The Kier molecular flexibility index (Phi) is 5.54. The van der Waals surface area contributed by atoms with E-state index in [0.717, 1.165) is 6.07 Å². The summed E-state index contributed by atoms with van der Waals surface area (Å²) in [5, 5.41) is 13.8. The number of halogens is 2. The van der Waals surface area contributed by atoms with Gasteiger partial charge < -0.3 is 15.0 Å². The van der Waals surface area contributed by atoms with Crippen molar-refractivity contribution in [3.8, 4) is 5.75 Å². The molecular weight excluding hydrogens is 536 g/mol. The minimum Gasteiger partial charge on any atom is -0.506 e. The van der Waals surface area contributed by atoms with E-state index in [4.69, 9.17) is 0 Å². The first-order valence-electron chi connectivity index (χ1n) is 9.55. The molecule has 0 saturated heterocycles. The molecule has 2 aromatic carbocycles. The summed E-state index contributed by atoms with van der Waals surface area (Å²) in [6, 6.07) is 8.51. The van der Waals surface area contributed by atoms with Gasteiger partial charge in [0.25, 0.3) is 15.6 Å². The number of pyridine rings is 1. The lowest BCUT2D eigenvalue weighted by molar-refractivity contribution is 0.473. The van der Waals surface area contributed by atoms with E-state index >= 15 is 0 Å². The minimum absolute atomic E-state index is 0.0189. The number of anilines is 1. The number of aromatic nitrogens is 1. The summed E-state index contributed by atoms with van der Waals surface area (Å²) in [4.78, 5) is 13.4. The lowest BCUT2D eigenvalue weighted by Gasteiger charge is -2.21. The molecule has 0 atom stereocenters. The number of fused-ring (bicyclic) bond motifs is 2. The maximum atomic E-state index is 14.0. The summed E-state index contributed by atoms with van der Waals surface area (Å²) in [5.74, 6) is -1.11. The quantitative estimate of drug-likeness (QED) is 0.474. The number of aromatic hydroxyl groups is 1. The largest absolute Gasteiger partial charge is 0.506 e. The number of sulfonamides is 1. The zero-order chi connectivity index (χ0) is 22.5.